The van der Waals surface area contributed by atoms with Crippen molar-refractivity contribution >= 4 is 5.91 Å². The number of nitrogens with two attached hydrogens (primary N) is 1. The Labute approximate surface area is 102 Å². The van der Waals surface area contributed by atoms with Crippen LogP contribution >= 0.6 is 0 Å². The van der Waals surface area contributed by atoms with Crippen molar-refractivity contribution in [2.45, 2.75) is 25.8 Å². The lowest BCUT2D eigenvalue weighted by atomic mass is 9.98. The Morgan fingerprint density at radius 1 is 1.35 bits per heavy atom. The Morgan fingerprint density at radius 2 is 1.94 bits per heavy atom. The summed E-state index contributed by atoms with van der Waals surface area (Å²) in [6.07, 6.45) is 0. The summed E-state index contributed by atoms with van der Waals surface area (Å²) < 4.78 is 5.08. The summed E-state index contributed by atoms with van der Waals surface area (Å²) in [6.45, 7) is 4.62. The second-order valence-electron chi connectivity index (χ2n) is 4.29. The molecule has 0 saturated heterocycles. The predicted octanol–water partition coefficient (Wildman–Crippen LogP) is 1.26. The van der Waals surface area contributed by atoms with Gasteiger partial charge in [0.05, 0.1) is 13.0 Å². The van der Waals surface area contributed by atoms with Crippen LogP contribution in [0.1, 0.15) is 25.3 Å². The van der Waals surface area contributed by atoms with Crippen LogP contribution in [0.5, 0.6) is 5.75 Å². The van der Waals surface area contributed by atoms with Crippen molar-refractivity contribution in [1.82, 2.24) is 5.32 Å². The average Bonchev–Trinajstić information content (AvgIpc) is 2.29. The molecule has 0 bridgehead atoms. The van der Waals surface area contributed by atoms with E-state index >= 15 is 0 Å². The van der Waals surface area contributed by atoms with Gasteiger partial charge >= 0.3 is 0 Å². The molecule has 0 radical (unpaired) electrons. The fourth-order valence-electron chi connectivity index (χ4n) is 1.57. The fraction of sp³-hybridized carbons (Fsp3) is 0.462. The van der Waals surface area contributed by atoms with Gasteiger partial charge in [-0.05, 0) is 17.7 Å². The summed E-state index contributed by atoms with van der Waals surface area (Å²) in [7, 11) is 1.61. The number of primary amides is 1. The Balaban J connectivity index is 2.78. The number of hydrogen-bond donors (Lipinski definition) is 2. The zero-order chi connectivity index (χ0) is 12.8. The molecule has 1 aromatic carbocycles. The monoisotopic (exact) mass is 236 g/mol. The maximum atomic E-state index is 11.4. The zero-order valence-corrected chi connectivity index (χ0v) is 10.6. The number of amides is 1. The first-order chi connectivity index (χ1) is 8.04. The summed E-state index contributed by atoms with van der Waals surface area (Å²) in [6, 6.07) is 7.74. The van der Waals surface area contributed by atoms with Crippen molar-refractivity contribution in [2.24, 2.45) is 5.73 Å². The van der Waals surface area contributed by atoms with Gasteiger partial charge in [0.25, 0.3) is 0 Å². The van der Waals surface area contributed by atoms with Crippen LogP contribution < -0.4 is 15.8 Å². The van der Waals surface area contributed by atoms with Crippen LogP contribution in [-0.4, -0.2) is 25.6 Å². The van der Waals surface area contributed by atoms with Crippen molar-refractivity contribution in [2.75, 3.05) is 13.7 Å². The van der Waals surface area contributed by atoms with Crippen molar-refractivity contribution < 1.29 is 9.53 Å². The number of rotatable bonds is 6. The molecule has 0 spiro atoms. The smallest absolute Gasteiger partial charge is 0.226 e. The van der Waals surface area contributed by atoms with Gasteiger partial charge in [-0.1, -0.05) is 26.0 Å². The first-order valence-corrected chi connectivity index (χ1v) is 5.71. The SMILES string of the molecule is COc1ccc(C(CNC(C)C)C(N)=O)cc1. The first-order valence-electron chi connectivity index (χ1n) is 5.71. The van der Waals surface area contributed by atoms with E-state index in [1.807, 2.05) is 38.1 Å². The van der Waals surface area contributed by atoms with Crippen molar-refractivity contribution in [3.05, 3.63) is 29.8 Å². The quantitative estimate of drug-likeness (QED) is 0.781. The molecule has 4 nitrogen and oxygen atoms in total. The molecule has 0 fully saturated rings. The van der Waals surface area contributed by atoms with Gasteiger partial charge in [0.15, 0.2) is 0 Å². The van der Waals surface area contributed by atoms with Gasteiger partial charge in [-0.25, -0.2) is 0 Å². The molecule has 0 saturated carbocycles. The maximum absolute atomic E-state index is 11.4. The van der Waals surface area contributed by atoms with Crippen LogP contribution in [0.3, 0.4) is 0 Å². The van der Waals surface area contributed by atoms with Gasteiger partial charge in [-0.15, -0.1) is 0 Å². The molecule has 1 amide bonds. The standard InChI is InChI=1S/C13H20N2O2/c1-9(2)15-8-12(13(14)16)10-4-6-11(17-3)7-5-10/h4-7,9,12,15H,8H2,1-3H3,(H2,14,16). The number of ether oxygens (including phenoxy) is 1. The Hall–Kier alpha value is -1.55. The topological polar surface area (TPSA) is 64.3 Å². The number of methoxy groups -OCH3 is 1. The van der Waals surface area contributed by atoms with Gasteiger partial charge < -0.3 is 15.8 Å². The molecule has 1 aromatic rings. The van der Waals surface area contributed by atoms with E-state index in [4.69, 9.17) is 10.5 Å². The molecule has 1 rings (SSSR count). The van der Waals surface area contributed by atoms with E-state index in [-0.39, 0.29) is 11.8 Å². The number of carbonyl (C=O) groups is 1. The largest absolute Gasteiger partial charge is 0.497 e. The fourth-order valence-corrected chi connectivity index (χ4v) is 1.57. The van der Waals surface area contributed by atoms with Crippen molar-refractivity contribution in [3.63, 3.8) is 0 Å². The van der Waals surface area contributed by atoms with Gasteiger partial charge in [0.2, 0.25) is 5.91 Å². The lowest BCUT2D eigenvalue weighted by Crippen LogP contribution is -2.34. The highest BCUT2D eigenvalue weighted by atomic mass is 16.5. The third-order valence-electron chi connectivity index (χ3n) is 2.59. The molecule has 0 aliphatic carbocycles. The summed E-state index contributed by atoms with van der Waals surface area (Å²) in [4.78, 5) is 11.4. The van der Waals surface area contributed by atoms with Crippen LogP contribution in [0.4, 0.5) is 0 Å². The van der Waals surface area contributed by atoms with Crippen LogP contribution in [0, 0.1) is 0 Å². The highest BCUT2D eigenvalue weighted by Gasteiger charge is 2.17. The molecule has 0 aromatic heterocycles. The lowest BCUT2D eigenvalue weighted by Gasteiger charge is -2.16. The number of nitrogens with one attached hydrogen (secondary N) is 1. The molecule has 0 heterocycles. The van der Waals surface area contributed by atoms with E-state index in [0.717, 1.165) is 11.3 Å². The van der Waals surface area contributed by atoms with E-state index in [1.165, 1.54) is 0 Å². The molecule has 1 atom stereocenters. The molecule has 0 aliphatic rings. The molecule has 4 heteroatoms. The number of benzene rings is 1. The molecule has 0 aliphatic heterocycles. The minimum Gasteiger partial charge on any atom is -0.497 e. The highest BCUT2D eigenvalue weighted by molar-refractivity contribution is 5.82. The molecule has 3 N–H and O–H groups in total. The van der Waals surface area contributed by atoms with Crippen LogP contribution in [0.15, 0.2) is 24.3 Å². The predicted molar refractivity (Wildman–Crippen MR) is 68.1 cm³/mol. The highest BCUT2D eigenvalue weighted by Crippen LogP contribution is 2.18. The van der Waals surface area contributed by atoms with Gasteiger partial charge in [-0.3, -0.25) is 4.79 Å². The van der Waals surface area contributed by atoms with Crippen molar-refractivity contribution in [1.29, 1.82) is 0 Å². The van der Waals surface area contributed by atoms with Gasteiger partial charge in [0.1, 0.15) is 5.75 Å². The average molecular weight is 236 g/mol. The van der Waals surface area contributed by atoms with Gasteiger partial charge in [0, 0.05) is 12.6 Å². The maximum Gasteiger partial charge on any atom is 0.226 e. The van der Waals surface area contributed by atoms with E-state index in [1.54, 1.807) is 7.11 Å². The van der Waals surface area contributed by atoms with Crippen molar-refractivity contribution in [3.8, 4) is 5.75 Å². The third-order valence-corrected chi connectivity index (χ3v) is 2.59. The Kier molecular flexibility index (Phi) is 4.97. The van der Waals surface area contributed by atoms with Crippen LogP contribution in [0.25, 0.3) is 0 Å². The first kappa shape index (κ1) is 13.5. The number of hydrogen-bond acceptors (Lipinski definition) is 3. The summed E-state index contributed by atoms with van der Waals surface area (Å²) in [5, 5.41) is 3.22. The van der Waals surface area contributed by atoms with E-state index < -0.39 is 0 Å². The van der Waals surface area contributed by atoms with E-state index in [0.29, 0.717) is 12.6 Å². The molecular formula is C13H20N2O2. The van der Waals surface area contributed by atoms with Gasteiger partial charge in [-0.2, -0.15) is 0 Å². The minimum absolute atomic E-state index is 0.302. The van der Waals surface area contributed by atoms with Crippen LogP contribution in [-0.2, 0) is 4.79 Å². The zero-order valence-electron chi connectivity index (χ0n) is 10.6. The third kappa shape index (κ3) is 4.07. The second kappa shape index (κ2) is 6.25. The molecular weight excluding hydrogens is 216 g/mol. The summed E-state index contributed by atoms with van der Waals surface area (Å²) in [5.41, 5.74) is 6.32. The number of carbonyl (C=O) groups excluding carboxylic acids is 1. The van der Waals surface area contributed by atoms with E-state index in [2.05, 4.69) is 5.32 Å². The summed E-state index contributed by atoms with van der Waals surface area (Å²) >= 11 is 0. The molecule has 94 valence electrons. The summed E-state index contributed by atoms with van der Waals surface area (Å²) in [5.74, 6) is 0.153. The molecule has 1 unspecified atom stereocenters. The van der Waals surface area contributed by atoms with E-state index in [9.17, 15) is 4.79 Å². The minimum atomic E-state index is -0.316. The van der Waals surface area contributed by atoms with Crippen LogP contribution in [0.2, 0.25) is 0 Å². The Bertz CT molecular complexity index is 360. The normalized spacial score (nSPS) is 12.5. The molecule has 17 heavy (non-hydrogen) atoms. The Morgan fingerprint density at radius 3 is 2.35 bits per heavy atom. The lowest BCUT2D eigenvalue weighted by molar-refractivity contribution is -0.119. The second-order valence-corrected chi connectivity index (χ2v) is 4.29.